The molecule has 2 rings (SSSR count). The van der Waals surface area contributed by atoms with Crippen molar-refractivity contribution >= 4 is 11.6 Å². The molecule has 1 aromatic heterocycles. The first-order valence-corrected chi connectivity index (χ1v) is 6.56. The van der Waals surface area contributed by atoms with Gasteiger partial charge in [0.05, 0.1) is 6.10 Å². The van der Waals surface area contributed by atoms with Crippen molar-refractivity contribution in [2.45, 2.75) is 32.8 Å². The first-order valence-electron chi connectivity index (χ1n) is 6.56. The Balaban J connectivity index is 2.10. The molecule has 1 fully saturated rings. The highest BCUT2D eigenvalue weighted by molar-refractivity contribution is 5.57. The molecule has 100 valence electrons. The lowest BCUT2D eigenvalue weighted by Crippen LogP contribution is -2.38. The third-order valence-electron chi connectivity index (χ3n) is 3.82. The molecule has 5 heteroatoms. The molecule has 0 radical (unpaired) electrons. The Kier molecular flexibility index (Phi) is 4.01. The molecule has 0 bridgehead atoms. The summed E-state index contributed by atoms with van der Waals surface area (Å²) >= 11 is 0. The standard InChI is InChI=1S/C13H22N4O/c1-9-12(14-3)15-8-16-13(9)17-6-4-11(5-7-17)10(2)18/h8,10-11,18H,4-7H2,1-3H3,(H,14,15,16). The first kappa shape index (κ1) is 13.1. The summed E-state index contributed by atoms with van der Waals surface area (Å²) < 4.78 is 0. The fourth-order valence-electron chi connectivity index (χ4n) is 2.61. The number of aliphatic hydroxyl groups is 1. The molecule has 0 amide bonds. The van der Waals surface area contributed by atoms with Crippen LogP contribution in [-0.4, -0.2) is 41.3 Å². The number of piperidine rings is 1. The summed E-state index contributed by atoms with van der Waals surface area (Å²) in [5.74, 6) is 2.32. The van der Waals surface area contributed by atoms with Gasteiger partial charge in [-0.25, -0.2) is 9.97 Å². The van der Waals surface area contributed by atoms with Crippen LogP contribution < -0.4 is 10.2 Å². The van der Waals surface area contributed by atoms with Crippen LogP contribution in [0, 0.1) is 12.8 Å². The summed E-state index contributed by atoms with van der Waals surface area (Å²) in [5, 5.41) is 12.7. The van der Waals surface area contributed by atoms with Crippen LogP contribution in [0.1, 0.15) is 25.3 Å². The van der Waals surface area contributed by atoms with Crippen LogP contribution in [0.5, 0.6) is 0 Å². The zero-order chi connectivity index (χ0) is 13.1. The monoisotopic (exact) mass is 250 g/mol. The van der Waals surface area contributed by atoms with Gasteiger partial charge in [-0.2, -0.15) is 0 Å². The van der Waals surface area contributed by atoms with E-state index in [2.05, 4.69) is 20.2 Å². The smallest absolute Gasteiger partial charge is 0.137 e. The number of nitrogens with zero attached hydrogens (tertiary/aromatic N) is 3. The van der Waals surface area contributed by atoms with Gasteiger partial charge in [-0.3, -0.25) is 0 Å². The van der Waals surface area contributed by atoms with Crippen molar-refractivity contribution in [3.8, 4) is 0 Å². The van der Waals surface area contributed by atoms with E-state index in [1.165, 1.54) is 0 Å². The molecule has 0 aliphatic carbocycles. The van der Waals surface area contributed by atoms with Gasteiger partial charge in [-0.1, -0.05) is 0 Å². The fraction of sp³-hybridized carbons (Fsp3) is 0.692. The zero-order valence-electron chi connectivity index (χ0n) is 11.3. The molecule has 2 N–H and O–H groups in total. The zero-order valence-corrected chi connectivity index (χ0v) is 11.3. The molecule has 1 unspecified atom stereocenters. The molecule has 1 aliphatic heterocycles. The second-order valence-electron chi connectivity index (χ2n) is 4.99. The van der Waals surface area contributed by atoms with E-state index in [0.717, 1.165) is 43.1 Å². The minimum atomic E-state index is -0.202. The third kappa shape index (κ3) is 2.56. The number of anilines is 2. The number of rotatable bonds is 3. The second kappa shape index (κ2) is 5.52. The quantitative estimate of drug-likeness (QED) is 0.849. The average molecular weight is 250 g/mol. The molecule has 18 heavy (non-hydrogen) atoms. The lowest BCUT2D eigenvalue weighted by Gasteiger charge is -2.34. The first-order chi connectivity index (χ1) is 8.63. The Morgan fingerprint density at radius 3 is 2.61 bits per heavy atom. The number of nitrogens with one attached hydrogen (secondary N) is 1. The van der Waals surface area contributed by atoms with E-state index in [1.807, 2.05) is 20.9 Å². The SMILES string of the molecule is CNc1ncnc(N2CCC(C(C)O)CC2)c1C. The molecule has 1 atom stereocenters. The molecule has 2 heterocycles. The van der Waals surface area contributed by atoms with Gasteiger partial charge in [0.2, 0.25) is 0 Å². The van der Waals surface area contributed by atoms with E-state index < -0.39 is 0 Å². The summed E-state index contributed by atoms with van der Waals surface area (Å²) in [4.78, 5) is 10.9. The van der Waals surface area contributed by atoms with E-state index in [-0.39, 0.29) is 6.10 Å². The van der Waals surface area contributed by atoms with Crippen LogP contribution in [0.4, 0.5) is 11.6 Å². The second-order valence-corrected chi connectivity index (χ2v) is 4.99. The van der Waals surface area contributed by atoms with Gasteiger partial charge in [0.1, 0.15) is 18.0 Å². The summed E-state index contributed by atoms with van der Waals surface area (Å²) in [6.07, 6.45) is 3.45. The number of aliphatic hydroxyl groups excluding tert-OH is 1. The molecule has 1 aromatic rings. The van der Waals surface area contributed by atoms with Crippen LogP contribution in [0.3, 0.4) is 0 Å². The van der Waals surface area contributed by atoms with Crippen LogP contribution in [0.2, 0.25) is 0 Å². The number of hydrogen-bond donors (Lipinski definition) is 2. The predicted octanol–water partition coefficient (Wildman–Crippen LogP) is 1.42. The molecular weight excluding hydrogens is 228 g/mol. The maximum atomic E-state index is 9.62. The van der Waals surface area contributed by atoms with Crippen molar-refractivity contribution in [2.75, 3.05) is 30.4 Å². The van der Waals surface area contributed by atoms with Crippen LogP contribution in [-0.2, 0) is 0 Å². The molecule has 0 aromatic carbocycles. The van der Waals surface area contributed by atoms with Crippen LogP contribution in [0.25, 0.3) is 0 Å². The van der Waals surface area contributed by atoms with Crippen LogP contribution in [0.15, 0.2) is 6.33 Å². The highest BCUT2D eigenvalue weighted by Gasteiger charge is 2.24. The minimum Gasteiger partial charge on any atom is -0.393 e. The van der Waals surface area contributed by atoms with Gasteiger partial charge in [-0.05, 0) is 32.6 Å². The Morgan fingerprint density at radius 2 is 2.06 bits per heavy atom. The lowest BCUT2D eigenvalue weighted by atomic mass is 9.92. The van der Waals surface area contributed by atoms with Gasteiger partial charge in [0.15, 0.2) is 0 Å². The Hall–Kier alpha value is -1.36. The van der Waals surface area contributed by atoms with Crippen molar-refractivity contribution in [1.29, 1.82) is 0 Å². The largest absolute Gasteiger partial charge is 0.393 e. The van der Waals surface area contributed by atoms with Crippen LogP contribution >= 0.6 is 0 Å². The average Bonchev–Trinajstić information content (AvgIpc) is 2.39. The highest BCUT2D eigenvalue weighted by atomic mass is 16.3. The van der Waals surface area contributed by atoms with E-state index in [9.17, 15) is 5.11 Å². The maximum absolute atomic E-state index is 9.62. The molecular formula is C13H22N4O. The van der Waals surface area contributed by atoms with Crippen molar-refractivity contribution in [3.05, 3.63) is 11.9 Å². The molecule has 0 spiro atoms. The van der Waals surface area contributed by atoms with E-state index in [4.69, 9.17) is 0 Å². The molecule has 1 aliphatic rings. The lowest BCUT2D eigenvalue weighted by molar-refractivity contribution is 0.109. The molecule has 5 nitrogen and oxygen atoms in total. The summed E-state index contributed by atoms with van der Waals surface area (Å²) in [6, 6.07) is 0. The van der Waals surface area contributed by atoms with Crippen molar-refractivity contribution in [1.82, 2.24) is 9.97 Å². The fourth-order valence-corrected chi connectivity index (χ4v) is 2.61. The topological polar surface area (TPSA) is 61.3 Å². The van der Waals surface area contributed by atoms with Crippen molar-refractivity contribution in [2.24, 2.45) is 5.92 Å². The Labute approximate surface area is 108 Å². The van der Waals surface area contributed by atoms with Crippen molar-refractivity contribution < 1.29 is 5.11 Å². The van der Waals surface area contributed by atoms with Gasteiger partial charge in [0.25, 0.3) is 0 Å². The van der Waals surface area contributed by atoms with Gasteiger partial charge in [-0.15, -0.1) is 0 Å². The predicted molar refractivity (Wildman–Crippen MR) is 72.9 cm³/mol. The summed E-state index contributed by atoms with van der Waals surface area (Å²) in [7, 11) is 1.87. The van der Waals surface area contributed by atoms with Gasteiger partial charge < -0.3 is 15.3 Å². The van der Waals surface area contributed by atoms with E-state index in [1.54, 1.807) is 6.33 Å². The van der Waals surface area contributed by atoms with Crippen molar-refractivity contribution in [3.63, 3.8) is 0 Å². The Morgan fingerprint density at radius 1 is 1.39 bits per heavy atom. The third-order valence-corrected chi connectivity index (χ3v) is 3.82. The van der Waals surface area contributed by atoms with Gasteiger partial charge >= 0.3 is 0 Å². The minimum absolute atomic E-state index is 0.202. The highest BCUT2D eigenvalue weighted by Crippen LogP contribution is 2.27. The molecule has 1 saturated heterocycles. The Bertz CT molecular complexity index is 400. The van der Waals surface area contributed by atoms with Gasteiger partial charge in [0, 0.05) is 25.7 Å². The summed E-state index contributed by atoms with van der Waals surface area (Å²) in [5.41, 5.74) is 1.09. The number of hydrogen-bond acceptors (Lipinski definition) is 5. The van der Waals surface area contributed by atoms with E-state index in [0.29, 0.717) is 5.92 Å². The van der Waals surface area contributed by atoms with E-state index >= 15 is 0 Å². The molecule has 0 saturated carbocycles. The normalized spacial score (nSPS) is 18.8. The maximum Gasteiger partial charge on any atom is 0.137 e. The number of aromatic nitrogens is 2. The summed E-state index contributed by atoms with van der Waals surface area (Å²) in [6.45, 7) is 5.84.